The second-order valence-electron chi connectivity index (χ2n) is 9.32. The standard InChI is InChI=1S/C26H33N3O4S/c1-19(16-22-8-7-15-34-22)28(17-20-9-11-21(33-2)12-10-20)23(30)18-29-24(31)26(27-25(29)32)13-5-3-4-6-14-26/h7-12,15,19H,3-6,13-14,16-18H2,1-2H3,(H,27,32)/t19-/m1/s1. The molecular weight excluding hydrogens is 450 g/mol. The van der Waals surface area contributed by atoms with E-state index in [0.717, 1.165) is 41.9 Å². The minimum absolute atomic E-state index is 0.0964. The third-order valence-corrected chi connectivity index (χ3v) is 7.84. The number of hydrogen-bond acceptors (Lipinski definition) is 5. The summed E-state index contributed by atoms with van der Waals surface area (Å²) in [5, 5.41) is 4.96. The van der Waals surface area contributed by atoms with Gasteiger partial charge in [0, 0.05) is 23.9 Å². The molecule has 0 radical (unpaired) electrons. The van der Waals surface area contributed by atoms with Gasteiger partial charge in [0.1, 0.15) is 17.8 Å². The van der Waals surface area contributed by atoms with Gasteiger partial charge in [-0.05, 0) is 48.9 Å². The van der Waals surface area contributed by atoms with Gasteiger partial charge in [-0.2, -0.15) is 0 Å². The molecule has 1 saturated heterocycles. The molecule has 4 amide bonds. The number of imide groups is 1. The molecule has 2 fully saturated rings. The third kappa shape index (κ3) is 5.27. The molecule has 34 heavy (non-hydrogen) atoms. The molecule has 0 unspecified atom stereocenters. The monoisotopic (exact) mass is 483 g/mol. The van der Waals surface area contributed by atoms with Crippen molar-refractivity contribution < 1.29 is 19.1 Å². The maximum atomic E-state index is 13.6. The van der Waals surface area contributed by atoms with Crippen LogP contribution in [0.2, 0.25) is 0 Å². The number of nitrogens with zero attached hydrogens (tertiary/aromatic N) is 2. The summed E-state index contributed by atoms with van der Waals surface area (Å²) in [4.78, 5) is 43.8. The maximum absolute atomic E-state index is 13.6. The number of benzene rings is 1. The zero-order valence-electron chi connectivity index (χ0n) is 19.9. The van der Waals surface area contributed by atoms with Crippen molar-refractivity contribution in [3.8, 4) is 5.75 Å². The highest BCUT2D eigenvalue weighted by atomic mass is 32.1. The van der Waals surface area contributed by atoms with Crippen LogP contribution in [-0.2, 0) is 22.6 Å². The Morgan fingerprint density at radius 1 is 1.15 bits per heavy atom. The fraction of sp³-hybridized carbons (Fsp3) is 0.500. The van der Waals surface area contributed by atoms with Crippen LogP contribution in [0.5, 0.6) is 5.75 Å². The summed E-state index contributed by atoms with van der Waals surface area (Å²) in [6.07, 6.45) is 5.97. The molecule has 1 N–H and O–H groups in total. The number of hydrogen-bond donors (Lipinski definition) is 1. The minimum Gasteiger partial charge on any atom is -0.497 e. The summed E-state index contributed by atoms with van der Waals surface area (Å²) in [7, 11) is 1.62. The van der Waals surface area contributed by atoms with Crippen molar-refractivity contribution in [1.29, 1.82) is 0 Å². The predicted molar refractivity (Wildman–Crippen MR) is 132 cm³/mol. The van der Waals surface area contributed by atoms with Crippen LogP contribution in [0.3, 0.4) is 0 Å². The topological polar surface area (TPSA) is 79.0 Å². The molecule has 4 rings (SSSR count). The molecule has 1 aliphatic carbocycles. The molecule has 182 valence electrons. The fourth-order valence-corrected chi connectivity index (χ4v) is 5.79. The van der Waals surface area contributed by atoms with E-state index in [-0.39, 0.29) is 24.4 Å². The van der Waals surface area contributed by atoms with Crippen molar-refractivity contribution in [3.05, 3.63) is 52.2 Å². The molecule has 8 heteroatoms. The van der Waals surface area contributed by atoms with Crippen molar-refractivity contribution in [2.45, 2.75) is 70.0 Å². The average Bonchev–Trinajstić information content (AvgIpc) is 3.33. The first-order chi connectivity index (χ1) is 16.4. The Bertz CT molecular complexity index is 998. The van der Waals surface area contributed by atoms with Crippen LogP contribution < -0.4 is 10.1 Å². The summed E-state index contributed by atoms with van der Waals surface area (Å²) in [5.41, 5.74) is 0.127. The zero-order chi connectivity index (χ0) is 24.1. The van der Waals surface area contributed by atoms with Crippen LogP contribution in [0.4, 0.5) is 4.79 Å². The van der Waals surface area contributed by atoms with Gasteiger partial charge in [-0.25, -0.2) is 4.79 Å². The number of thiophene rings is 1. The van der Waals surface area contributed by atoms with Crippen LogP contribution in [0.1, 0.15) is 55.9 Å². The van der Waals surface area contributed by atoms with E-state index >= 15 is 0 Å². The zero-order valence-corrected chi connectivity index (χ0v) is 20.7. The number of nitrogens with one attached hydrogen (secondary N) is 1. The predicted octanol–water partition coefficient (Wildman–Crippen LogP) is 4.36. The van der Waals surface area contributed by atoms with E-state index in [1.54, 1.807) is 23.3 Å². The van der Waals surface area contributed by atoms with Gasteiger partial charge >= 0.3 is 6.03 Å². The highest BCUT2D eigenvalue weighted by Crippen LogP contribution is 2.33. The highest BCUT2D eigenvalue weighted by molar-refractivity contribution is 7.09. The molecule has 0 bridgehead atoms. The van der Waals surface area contributed by atoms with E-state index in [4.69, 9.17) is 4.74 Å². The second kappa shape index (κ2) is 10.6. The molecule has 1 saturated carbocycles. The molecule has 2 aliphatic rings. The third-order valence-electron chi connectivity index (χ3n) is 6.94. The number of carbonyl (C=O) groups excluding carboxylic acids is 3. The second-order valence-corrected chi connectivity index (χ2v) is 10.4. The van der Waals surface area contributed by atoms with E-state index in [1.165, 1.54) is 4.88 Å². The number of methoxy groups -OCH3 is 1. The molecule has 1 atom stereocenters. The van der Waals surface area contributed by atoms with Gasteiger partial charge in [-0.3, -0.25) is 14.5 Å². The Morgan fingerprint density at radius 3 is 2.47 bits per heavy atom. The van der Waals surface area contributed by atoms with E-state index in [9.17, 15) is 14.4 Å². The maximum Gasteiger partial charge on any atom is 0.325 e. The normalized spacial score (nSPS) is 18.5. The Balaban J connectivity index is 1.51. The molecule has 2 aromatic rings. The van der Waals surface area contributed by atoms with Crippen molar-refractivity contribution in [2.24, 2.45) is 0 Å². The molecule has 2 heterocycles. The summed E-state index contributed by atoms with van der Waals surface area (Å²) < 4.78 is 5.25. The SMILES string of the molecule is COc1ccc(CN(C(=O)CN2C(=O)NC3(CCCCCC3)C2=O)[C@H](C)Cc2cccs2)cc1. The number of ether oxygens (including phenoxy) is 1. The van der Waals surface area contributed by atoms with Gasteiger partial charge in [-0.1, -0.05) is 43.9 Å². The molecule has 1 aromatic heterocycles. The Morgan fingerprint density at radius 2 is 1.85 bits per heavy atom. The van der Waals surface area contributed by atoms with Crippen LogP contribution in [0.15, 0.2) is 41.8 Å². The Labute approximate surface area is 205 Å². The first-order valence-corrected chi connectivity index (χ1v) is 12.9. The van der Waals surface area contributed by atoms with Crippen molar-refractivity contribution in [3.63, 3.8) is 0 Å². The van der Waals surface area contributed by atoms with E-state index in [1.807, 2.05) is 42.6 Å². The smallest absolute Gasteiger partial charge is 0.325 e. The van der Waals surface area contributed by atoms with E-state index < -0.39 is 11.6 Å². The molecule has 7 nitrogen and oxygen atoms in total. The molecule has 1 aliphatic heterocycles. The summed E-state index contributed by atoms with van der Waals surface area (Å²) in [6, 6.07) is 11.1. The van der Waals surface area contributed by atoms with E-state index in [0.29, 0.717) is 25.8 Å². The number of amides is 4. The first-order valence-electron chi connectivity index (χ1n) is 12.0. The van der Waals surface area contributed by atoms with Gasteiger partial charge < -0.3 is 15.0 Å². The summed E-state index contributed by atoms with van der Waals surface area (Å²) in [5.74, 6) is 0.276. The number of rotatable bonds is 8. The lowest BCUT2D eigenvalue weighted by Crippen LogP contribution is -2.48. The van der Waals surface area contributed by atoms with Crippen LogP contribution in [0, 0.1) is 0 Å². The van der Waals surface area contributed by atoms with Gasteiger partial charge in [-0.15, -0.1) is 11.3 Å². The minimum atomic E-state index is -0.836. The number of carbonyl (C=O) groups is 3. The highest BCUT2D eigenvalue weighted by Gasteiger charge is 2.51. The van der Waals surface area contributed by atoms with Crippen molar-refractivity contribution >= 4 is 29.2 Å². The lowest BCUT2D eigenvalue weighted by molar-refractivity contribution is -0.140. The summed E-state index contributed by atoms with van der Waals surface area (Å²) in [6.45, 7) is 2.17. The number of urea groups is 1. The fourth-order valence-electron chi connectivity index (χ4n) is 4.96. The van der Waals surface area contributed by atoms with Gasteiger partial charge in [0.25, 0.3) is 5.91 Å². The van der Waals surface area contributed by atoms with Crippen LogP contribution in [0.25, 0.3) is 0 Å². The van der Waals surface area contributed by atoms with Crippen LogP contribution >= 0.6 is 11.3 Å². The summed E-state index contributed by atoms with van der Waals surface area (Å²) >= 11 is 1.66. The van der Waals surface area contributed by atoms with Gasteiger partial charge in [0.05, 0.1) is 7.11 Å². The molecule has 1 aromatic carbocycles. The van der Waals surface area contributed by atoms with Gasteiger partial charge in [0.2, 0.25) is 5.91 Å². The van der Waals surface area contributed by atoms with Crippen LogP contribution in [-0.4, -0.2) is 52.9 Å². The lowest BCUT2D eigenvalue weighted by atomic mass is 9.90. The Kier molecular flexibility index (Phi) is 7.56. The molecule has 1 spiro atoms. The Hall–Kier alpha value is -2.87. The first kappa shape index (κ1) is 24.3. The lowest BCUT2D eigenvalue weighted by Gasteiger charge is -2.31. The van der Waals surface area contributed by atoms with E-state index in [2.05, 4.69) is 11.4 Å². The van der Waals surface area contributed by atoms with Crippen molar-refractivity contribution in [1.82, 2.24) is 15.1 Å². The molecular formula is C26H33N3O4S. The van der Waals surface area contributed by atoms with Gasteiger partial charge in [0.15, 0.2) is 0 Å². The van der Waals surface area contributed by atoms with Crippen molar-refractivity contribution in [2.75, 3.05) is 13.7 Å². The largest absolute Gasteiger partial charge is 0.497 e. The quantitative estimate of drug-likeness (QED) is 0.566. The average molecular weight is 484 g/mol.